The van der Waals surface area contributed by atoms with E-state index in [0.29, 0.717) is 0 Å². The predicted octanol–water partition coefficient (Wildman–Crippen LogP) is 2.86. The lowest BCUT2D eigenvalue weighted by molar-refractivity contribution is -0.128. The molecule has 0 heterocycles. The highest BCUT2D eigenvalue weighted by molar-refractivity contribution is 5.19. The molecule has 0 fully saturated rings. The first kappa shape index (κ1) is 48.1. The Hall–Kier alpha value is -1.56. The first-order chi connectivity index (χ1) is 27.8. The molecule has 0 bridgehead atoms. The smallest absolute Gasteiger partial charge is 0.115 e. The fourth-order valence-electron chi connectivity index (χ4n) is 10.3. The number of hydrogen-bond donors (Lipinski definition) is 4. The number of hydrogen-bond acceptors (Lipinski definition) is 13. The van der Waals surface area contributed by atoms with Crippen LogP contribution < -0.4 is 0 Å². The maximum absolute atomic E-state index is 10.7. The van der Waals surface area contributed by atoms with E-state index in [2.05, 4.69) is 53.2 Å². The number of nitrogens with zero attached hydrogens (tertiary/aromatic N) is 2. The lowest BCUT2D eigenvalue weighted by Gasteiger charge is -2.49. The van der Waals surface area contributed by atoms with Gasteiger partial charge in [-0.15, -0.1) is 0 Å². The third-order valence-corrected chi connectivity index (χ3v) is 13.4. The Bertz CT molecular complexity index is 1210. The van der Waals surface area contributed by atoms with Gasteiger partial charge in [-0.25, -0.2) is 0 Å². The monoisotopic (exact) mass is 809 g/mol. The van der Waals surface area contributed by atoms with Gasteiger partial charge >= 0.3 is 0 Å². The lowest BCUT2D eigenvalue weighted by atomic mass is 9.76. The molecule has 0 aromatic heterocycles. The van der Waals surface area contributed by atoms with Crippen molar-refractivity contribution in [2.24, 2.45) is 29.6 Å². The molecule has 0 radical (unpaired) electrons. The number of unbranched alkanes of at least 4 members (excludes halogenated alkanes) is 5. The maximum atomic E-state index is 10.7. The van der Waals surface area contributed by atoms with Crippen molar-refractivity contribution in [2.75, 3.05) is 89.3 Å². The Morgan fingerprint density at radius 3 is 1.32 bits per heavy atom. The summed E-state index contributed by atoms with van der Waals surface area (Å²) in [7, 11) is 11.8. The molecule has 0 spiro atoms. The van der Waals surface area contributed by atoms with Crippen LogP contribution in [0.2, 0.25) is 0 Å². The highest BCUT2D eigenvalue weighted by atomic mass is 16.6. The van der Waals surface area contributed by atoms with Gasteiger partial charge in [0, 0.05) is 105 Å². The van der Waals surface area contributed by atoms with Gasteiger partial charge in [-0.2, -0.15) is 0 Å². The average molecular weight is 809 g/mol. The molecular formula is C44H76N2O11. The Labute approximate surface area is 342 Å². The molecule has 0 saturated heterocycles. The van der Waals surface area contributed by atoms with E-state index in [0.717, 1.165) is 51.6 Å². The minimum Gasteiger partial charge on any atom is -0.396 e. The average Bonchev–Trinajstić information content (AvgIpc) is 3.25. The molecule has 0 amide bonds. The Morgan fingerprint density at radius 2 is 0.825 bits per heavy atom. The molecule has 1 unspecified atom stereocenters. The summed E-state index contributed by atoms with van der Waals surface area (Å²) < 4.78 is 41.4. The van der Waals surface area contributed by atoms with Crippen LogP contribution in [0, 0.1) is 29.6 Å². The largest absolute Gasteiger partial charge is 0.396 e. The van der Waals surface area contributed by atoms with Crippen molar-refractivity contribution in [1.29, 1.82) is 0 Å². The predicted molar refractivity (Wildman–Crippen MR) is 220 cm³/mol. The van der Waals surface area contributed by atoms with Crippen molar-refractivity contribution in [3.63, 3.8) is 0 Å². The van der Waals surface area contributed by atoms with Gasteiger partial charge in [-0.1, -0.05) is 81.2 Å². The molecule has 13 nitrogen and oxygen atoms in total. The maximum Gasteiger partial charge on any atom is 0.115 e. The number of aliphatic hydroxyl groups is 4. The molecule has 4 aliphatic rings. The molecular weight excluding hydrogens is 732 g/mol. The van der Waals surface area contributed by atoms with E-state index in [-0.39, 0.29) is 123 Å². The van der Waals surface area contributed by atoms with Crippen LogP contribution in [0.5, 0.6) is 0 Å². The molecule has 13 heteroatoms. The van der Waals surface area contributed by atoms with Crippen LogP contribution >= 0.6 is 0 Å². The van der Waals surface area contributed by atoms with Crippen LogP contribution in [0.3, 0.4) is 0 Å². The van der Waals surface area contributed by atoms with Crippen molar-refractivity contribution in [3.05, 3.63) is 48.6 Å². The van der Waals surface area contributed by atoms with Crippen LogP contribution in [0.1, 0.15) is 45.4 Å². The number of rotatable bonds is 24. The van der Waals surface area contributed by atoms with Gasteiger partial charge in [-0.3, -0.25) is 9.80 Å². The van der Waals surface area contributed by atoms with Crippen LogP contribution in [-0.4, -0.2) is 186 Å². The van der Waals surface area contributed by atoms with Gasteiger partial charge < -0.3 is 53.6 Å². The zero-order valence-corrected chi connectivity index (χ0v) is 35.9. The van der Waals surface area contributed by atoms with Gasteiger partial charge in [0.1, 0.15) is 24.4 Å². The Balaban J connectivity index is 1.44. The minimum absolute atomic E-state index is 0.0209. The normalized spacial score (nSPS) is 38.1. The Morgan fingerprint density at radius 1 is 0.386 bits per heavy atom. The van der Waals surface area contributed by atoms with Crippen LogP contribution in [0.15, 0.2) is 48.6 Å². The highest BCUT2D eigenvalue weighted by Crippen LogP contribution is 2.37. The van der Waals surface area contributed by atoms with Crippen molar-refractivity contribution in [3.8, 4) is 0 Å². The standard InChI is InChI=1S/C44H76N2O11/c1-29-15-17-35(33(28-50)40(29)53-4)46(37-20-22-39(52-3)44(57-8)43(37)56-7)24-14-12-10-9-11-13-23-45(34-19-21-38(51-2)32(27-49)31(34)26-48)36-18-16-30(25-47)41(54-5)42(36)55-6/h15-22,29-44,47-50H,9-14,23-28H2,1-8H3/t29-,30+,31+,32+,33-,34+,35+,36?,37+,38-,39-,40-,41-,42-,43-,44-/m1/s1. The van der Waals surface area contributed by atoms with Crippen molar-refractivity contribution in [1.82, 2.24) is 9.80 Å². The highest BCUT2D eigenvalue weighted by Gasteiger charge is 2.47. The van der Waals surface area contributed by atoms with Gasteiger partial charge in [-0.05, 0) is 25.9 Å². The van der Waals surface area contributed by atoms with Gasteiger partial charge in [0.05, 0.1) is 43.6 Å². The zero-order chi connectivity index (χ0) is 41.5. The van der Waals surface area contributed by atoms with E-state index in [9.17, 15) is 20.4 Å². The first-order valence-corrected chi connectivity index (χ1v) is 21.1. The van der Waals surface area contributed by atoms with E-state index in [1.807, 2.05) is 12.2 Å². The van der Waals surface area contributed by atoms with Crippen LogP contribution in [0.4, 0.5) is 0 Å². The number of ether oxygens (including phenoxy) is 7. The topological polar surface area (TPSA) is 152 Å². The summed E-state index contributed by atoms with van der Waals surface area (Å²) in [5.41, 5.74) is 0. The second-order valence-corrected chi connectivity index (χ2v) is 16.2. The molecule has 16 atom stereocenters. The third-order valence-electron chi connectivity index (χ3n) is 13.4. The quantitative estimate of drug-likeness (QED) is 0.0837. The fourth-order valence-corrected chi connectivity index (χ4v) is 10.3. The van der Waals surface area contributed by atoms with E-state index >= 15 is 0 Å². The second-order valence-electron chi connectivity index (χ2n) is 16.2. The van der Waals surface area contributed by atoms with E-state index in [1.165, 1.54) is 0 Å². The number of methoxy groups -OCH3 is 7. The molecule has 57 heavy (non-hydrogen) atoms. The summed E-state index contributed by atoms with van der Waals surface area (Å²) in [6.45, 7) is 3.52. The first-order valence-electron chi connectivity index (χ1n) is 21.1. The molecule has 4 N–H and O–H groups in total. The summed E-state index contributed by atoms with van der Waals surface area (Å²) >= 11 is 0. The fraction of sp³-hybridized carbons (Fsp3) is 0.818. The van der Waals surface area contributed by atoms with Crippen molar-refractivity contribution in [2.45, 2.75) is 112 Å². The molecule has 0 aliphatic heterocycles. The summed E-state index contributed by atoms with van der Waals surface area (Å²) in [6.07, 6.45) is 21.3. The molecule has 4 rings (SSSR count). The summed E-state index contributed by atoms with van der Waals surface area (Å²) in [6, 6.07) is -0.431. The molecule has 4 aliphatic carbocycles. The van der Waals surface area contributed by atoms with E-state index in [4.69, 9.17) is 33.2 Å². The second kappa shape index (κ2) is 24.6. The molecule has 0 saturated carbocycles. The Kier molecular flexibility index (Phi) is 20.8. The summed E-state index contributed by atoms with van der Waals surface area (Å²) in [4.78, 5) is 4.86. The third kappa shape index (κ3) is 11.2. The van der Waals surface area contributed by atoms with Gasteiger partial charge in [0.15, 0.2) is 0 Å². The molecule has 328 valence electrons. The van der Waals surface area contributed by atoms with Crippen LogP contribution in [-0.2, 0) is 33.2 Å². The van der Waals surface area contributed by atoms with Crippen LogP contribution in [0.25, 0.3) is 0 Å². The summed E-state index contributed by atoms with van der Waals surface area (Å²) in [5, 5.41) is 41.9. The zero-order valence-electron chi connectivity index (χ0n) is 35.9. The van der Waals surface area contributed by atoms with Crippen molar-refractivity contribution < 1.29 is 53.6 Å². The SMILES string of the molecule is CO[C@H]1[C@H](CO)[C@@H](N(CCCCCCCCN(C2C=C[C@@H](CO)[C@@H](OC)[C@@H]2OC)[C@H]2C=C[C@@H](OC)[C@@H](CO)[C@@H]2CO)[C@H]2C=C[C@@H](OC)[C@@H](OC)[C@@H]2OC)C=C[C@H]1C. The number of aliphatic hydroxyl groups excluding tert-OH is 4. The summed E-state index contributed by atoms with van der Waals surface area (Å²) in [5.74, 6) is -0.563. The van der Waals surface area contributed by atoms with Gasteiger partial charge in [0.25, 0.3) is 0 Å². The van der Waals surface area contributed by atoms with E-state index in [1.54, 1.807) is 49.8 Å². The van der Waals surface area contributed by atoms with Crippen molar-refractivity contribution >= 4 is 0 Å². The molecule has 0 aromatic carbocycles. The lowest BCUT2D eigenvalue weighted by Crippen LogP contribution is -2.60. The van der Waals surface area contributed by atoms with E-state index < -0.39 is 0 Å². The minimum atomic E-state index is -0.330. The molecule has 0 aromatic rings. The van der Waals surface area contributed by atoms with Gasteiger partial charge in [0.2, 0.25) is 0 Å².